The molecular formula is C18H21ClN4O2S. The highest BCUT2D eigenvalue weighted by Crippen LogP contribution is 2.28. The number of ether oxygens (including phenoxy) is 1. The fraction of sp³-hybridized carbons (Fsp3) is 0.389. The summed E-state index contributed by atoms with van der Waals surface area (Å²) in [5, 5.41) is 4.15. The number of carbonyl (C=O) groups excluding carboxylic acids is 1. The lowest BCUT2D eigenvalue weighted by molar-refractivity contribution is -0.113. The van der Waals surface area contributed by atoms with E-state index in [1.165, 1.54) is 31.0 Å². The summed E-state index contributed by atoms with van der Waals surface area (Å²) in [6.07, 6.45) is 5.22. The van der Waals surface area contributed by atoms with Gasteiger partial charge in [0.15, 0.2) is 0 Å². The Kier molecular flexibility index (Phi) is 6.57. The molecule has 1 aromatic heterocycles. The van der Waals surface area contributed by atoms with Crippen molar-refractivity contribution in [3.8, 4) is 5.75 Å². The summed E-state index contributed by atoms with van der Waals surface area (Å²) in [7, 11) is 1.55. The van der Waals surface area contributed by atoms with E-state index in [1.54, 1.807) is 31.6 Å². The first-order valence-electron chi connectivity index (χ1n) is 8.49. The number of halogens is 1. The number of aromatic nitrogens is 2. The molecule has 1 aliphatic heterocycles. The molecule has 0 radical (unpaired) electrons. The second-order valence-corrected chi connectivity index (χ2v) is 7.38. The fourth-order valence-corrected chi connectivity index (χ4v) is 3.64. The summed E-state index contributed by atoms with van der Waals surface area (Å²) in [6.45, 7) is 2.05. The van der Waals surface area contributed by atoms with Crippen LogP contribution in [-0.4, -0.2) is 41.8 Å². The average molecular weight is 393 g/mol. The zero-order chi connectivity index (χ0) is 18.4. The summed E-state index contributed by atoms with van der Waals surface area (Å²) in [4.78, 5) is 23.2. The van der Waals surface area contributed by atoms with E-state index in [9.17, 15) is 4.79 Å². The van der Waals surface area contributed by atoms with E-state index in [-0.39, 0.29) is 11.7 Å². The van der Waals surface area contributed by atoms with Crippen LogP contribution < -0.4 is 15.0 Å². The molecular weight excluding hydrogens is 372 g/mol. The van der Waals surface area contributed by atoms with Gasteiger partial charge in [-0.1, -0.05) is 23.4 Å². The number of hydrogen-bond donors (Lipinski definition) is 1. The van der Waals surface area contributed by atoms with Gasteiger partial charge in [-0.05, 0) is 37.5 Å². The minimum Gasteiger partial charge on any atom is -0.495 e. The average Bonchev–Trinajstić information content (AvgIpc) is 2.67. The number of hydrogen-bond acceptors (Lipinski definition) is 6. The molecule has 3 rings (SSSR count). The third-order valence-corrected chi connectivity index (χ3v) is 5.26. The van der Waals surface area contributed by atoms with Gasteiger partial charge in [0.05, 0.1) is 18.6 Å². The molecule has 0 saturated carbocycles. The molecule has 1 N–H and O–H groups in total. The summed E-state index contributed by atoms with van der Waals surface area (Å²) in [6, 6.07) is 7.06. The topological polar surface area (TPSA) is 67.3 Å². The SMILES string of the molecule is COc1ccc(Cl)cc1NC(=O)CSc1cc(N2CCCCC2)ncn1. The number of anilines is 2. The molecule has 1 aliphatic rings. The lowest BCUT2D eigenvalue weighted by Crippen LogP contribution is -2.30. The second kappa shape index (κ2) is 9.09. The van der Waals surface area contributed by atoms with Gasteiger partial charge in [0.25, 0.3) is 0 Å². The molecule has 0 spiro atoms. The lowest BCUT2D eigenvalue weighted by atomic mass is 10.1. The Bertz CT molecular complexity index is 769. The van der Waals surface area contributed by atoms with Gasteiger partial charge < -0.3 is 15.0 Å². The van der Waals surface area contributed by atoms with Crippen molar-refractivity contribution < 1.29 is 9.53 Å². The van der Waals surface area contributed by atoms with E-state index in [1.807, 2.05) is 6.07 Å². The molecule has 1 amide bonds. The molecule has 0 aliphatic carbocycles. The van der Waals surface area contributed by atoms with Crippen LogP contribution in [0.5, 0.6) is 5.75 Å². The molecule has 138 valence electrons. The molecule has 8 heteroatoms. The van der Waals surface area contributed by atoms with Crippen molar-refractivity contribution in [3.05, 3.63) is 35.6 Å². The van der Waals surface area contributed by atoms with E-state index in [4.69, 9.17) is 16.3 Å². The van der Waals surface area contributed by atoms with Crippen LogP contribution in [0.4, 0.5) is 11.5 Å². The Hall–Kier alpha value is -1.99. The number of rotatable bonds is 6. The van der Waals surface area contributed by atoms with Crippen LogP contribution in [0.25, 0.3) is 0 Å². The van der Waals surface area contributed by atoms with Gasteiger partial charge in [-0.2, -0.15) is 0 Å². The summed E-state index contributed by atoms with van der Waals surface area (Å²) < 4.78 is 5.24. The van der Waals surface area contributed by atoms with Crippen molar-refractivity contribution >= 4 is 40.8 Å². The molecule has 6 nitrogen and oxygen atoms in total. The summed E-state index contributed by atoms with van der Waals surface area (Å²) >= 11 is 7.37. The minimum absolute atomic E-state index is 0.145. The minimum atomic E-state index is -0.145. The number of carbonyl (C=O) groups is 1. The highest BCUT2D eigenvalue weighted by Gasteiger charge is 2.14. The van der Waals surface area contributed by atoms with Gasteiger partial charge in [-0.3, -0.25) is 4.79 Å². The van der Waals surface area contributed by atoms with Crippen LogP contribution in [0.3, 0.4) is 0 Å². The molecule has 1 aromatic carbocycles. The monoisotopic (exact) mass is 392 g/mol. The summed E-state index contributed by atoms with van der Waals surface area (Å²) in [5.41, 5.74) is 0.558. The number of nitrogens with one attached hydrogen (secondary N) is 1. The number of nitrogens with zero attached hydrogens (tertiary/aromatic N) is 3. The van der Waals surface area contributed by atoms with Crippen LogP contribution in [0.1, 0.15) is 19.3 Å². The Morgan fingerprint density at radius 1 is 1.27 bits per heavy atom. The van der Waals surface area contributed by atoms with Crippen molar-refractivity contribution in [1.29, 1.82) is 0 Å². The Labute approximate surface area is 162 Å². The normalized spacial score (nSPS) is 14.2. The van der Waals surface area contributed by atoms with Gasteiger partial charge in [0, 0.05) is 24.2 Å². The van der Waals surface area contributed by atoms with Gasteiger partial charge in [-0.15, -0.1) is 0 Å². The lowest BCUT2D eigenvalue weighted by Gasteiger charge is -2.27. The smallest absolute Gasteiger partial charge is 0.234 e. The van der Waals surface area contributed by atoms with Gasteiger partial charge in [-0.25, -0.2) is 9.97 Å². The molecule has 0 unspecified atom stereocenters. The molecule has 2 aromatic rings. The maximum absolute atomic E-state index is 12.3. The highest BCUT2D eigenvalue weighted by atomic mass is 35.5. The molecule has 0 bridgehead atoms. The first-order chi connectivity index (χ1) is 12.7. The number of benzene rings is 1. The van der Waals surface area contributed by atoms with Crippen molar-refractivity contribution in [2.24, 2.45) is 0 Å². The van der Waals surface area contributed by atoms with Crippen LogP contribution in [0.2, 0.25) is 5.02 Å². The number of methoxy groups -OCH3 is 1. The highest BCUT2D eigenvalue weighted by molar-refractivity contribution is 7.99. The van der Waals surface area contributed by atoms with Crippen molar-refractivity contribution in [2.45, 2.75) is 24.3 Å². The second-order valence-electron chi connectivity index (χ2n) is 5.94. The Morgan fingerprint density at radius 2 is 2.08 bits per heavy atom. The molecule has 26 heavy (non-hydrogen) atoms. The van der Waals surface area contributed by atoms with E-state index in [0.717, 1.165) is 23.9 Å². The number of piperidine rings is 1. The van der Waals surface area contributed by atoms with Gasteiger partial charge in [0.1, 0.15) is 22.9 Å². The standard InChI is InChI=1S/C18H21ClN4O2S/c1-25-15-6-5-13(19)9-14(15)22-17(24)11-26-18-10-16(20-12-21-18)23-7-3-2-4-8-23/h5-6,9-10,12H,2-4,7-8,11H2,1H3,(H,22,24). The first kappa shape index (κ1) is 18.8. The maximum Gasteiger partial charge on any atom is 0.234 e. The predicted octanol–water partition coefficient (Wildman–Crippen LogP) is 3.86. The first-order valence-corrected chi connectivity index (χ1v) is 9.85. The summed E-state index contributed by atoms with van der Waals surface area (Å²) in [5.74, 6) is 1.60. The maximum atomic E-state index is 12.3. The molecule has 0 atom stereocenters. The molecule has 1 fully saturated rings. The Balaban J connectivity index is 1.58. The van der Waals surface area contributed by atoms with Gasteiger partial charge in [0.2, 0.25) is 5.91 Å². The van der Waals surface area contributed by atoms with Crippen LogP contribution >= 0.6 is 23.4 Å². The number of thioether (sulfide) groups is 1. The van der Waals surface area contributed by atoms with Crippen molar-refractivity contribution in [3.63, 3.8) is 0 Å². The Morgan fingerprint density at radius 3 is 2.85 bits per heavy atom. The molecule has 1 saturated heterocycles. The molecule has 2 heterocycles. The van der Waals surface area contributed by atoms with E-state index < -0.39 is 0 Å². The van der Waals surface area contributed by atoms with Crippen molar-refractivity contribution in [1.82, 2.24) is 9.97 Å². The van der Waals surface area contributed by atoms with Crippen LogP contribution in [0.15, 0.2) is 35.6 Å². The zero-order valence-corrected chi connectivity index (χ0v) is 16.1. The quantitative estimate of drug-likeness (QED) is 0.594. The number of amides is 1. The van der Waals surface area contributed by atoms with E-state index >= 15 is 0 Å². The third-order valence-electron chi connectivity index (χ3n) is 4.09. The van der Waals surface area contributed by atoms with Crippen LogP contribution in [0, 0.1) is 0 Å². The van der Waals surface area contributed by atoms with E-state index in [2.05, 4.69) is 20.2 Å². The fourth-order valence-electron chi connectivity index (χ4n) is 2.81. The van der Waals surface area contributed by atoms with Gasteiger partial charge >= 0.3 is 0 Å². The zero-order valence-electron chi connectivity index (χ0n) is 14.6. The predicted molar refractivity (Wildman–Crippen MR) is 105 cm³/mol. The largest absolute Gasteiger partial charge is 0.495 e. The third kappa shape index (κ3) is 5.02. The van der Waals surface area contributed by atoms with Crippen LogP contribution in [-0.2, 0) is 4.79 Å². The van der Waals surface area contributed by atoms with Crippen molar-refractivity contribution in [2.75, 3.05) is 36.2 Å². The van der Waals surface area contributed by atoms with E-state index in [0.29, 0.717) is 16.5 Å².